The largest absolute Gasteiger partial charge is 0.732 e. The van der Waals surface area contributed by atoms with Crippen LogP contribution in [0, 0.1) is 29.1 Å². The molecule has 6 rings (SSSR count). The summed E-state index contributed by atoms with van der Waals surface area (Å²) in [5, 5.41) is 7.91. The smallest absolute Gasteiger partial charge is 0.494 e. The Balaban J connectivity index is 1.90. The van der Waals surface area contributed by atoms with Gasteiger partial charge >= 0.3 is 26.4 Å². The molecule has 4 fully saturated rings. The Hall–Kier alpha value is -8.85. The Morgan fingerprint density at radius 1 is 0.416 bits per heavy atom. The molecule has 0 bridgehead atoms. The second kappa shape index (κ2) is 51.2. The molecule has 4 aliphatic rings. The van der Waals surface area contributed by atoms with Crippen LogP contribution in [0.25, 0.3) is 0 Å². The number of benzene rings is 2. The summed E-state index contributed by atoms with van der Waals surface area (Å²) in [6.07, 6.45) is 23.2. The summed E-state index contributed by atoms with van der Waals surface area (Å²) < 4.78 is 97.7. The van der Waals surface area contributed by atoms with E-state index in [9.17, 15) is 48.4 Å². The van der Waals surface area contributed by atoms with Crippen LogP contribution >= 0.6 is 0 Å². The topological polar surface area (TPSA) is 297 Å². The molecule has 4 saturated carbocycles. The zero-order valence-electron chi connectivity index (χ0n) is 78.5. The van der Waals surface area contributed by atoms with Crippen LogP contribution in [0.5, 0.6) is 5.75 Å². The molecule has 0 radical (unpaired) electrons. The Bertz CT molecular complexity index is 4070. The van der Waals surface area contributed by atoms with Crippen molar-refractivity contribution < 1.29 is 102 Å². The average molecular weight is 1780 g/mol. The van der Waals surface area contributed by atoms with Crippen LogP contribution in [0.15, 0.2) is 155 Å². The lowest BCUT2D eigenvalue weighted by atomic mass is 9.69. The summed E-state index contributed by atoms with van der Waals surface area (Å²) in [5.41, 5.74) is 0.117. The van der Waals surface area contributed by atoms with Crippen molar-refractivity contribution in [2.45, 2.75) is 352 Å². The van der Waals surface area contributed by atoms with Gasteiger partial charge in [0, 0.05) is 61.3 Å². The minimum atomic E-state index is -5.34. The van der Waals surface area contributed by atoms with Crippen molar-refractivity contribution in [3.05, 3.63) is 172 Å². The normalized spacial score (nSPS) is 23.4. The summed E-state index contributed by atoms with van der Waals surface area (Å²) >= 11 is 0. The summed E-state index contributed by atoms with van der Waals surface area (Å²) in [6.45, 7) is 33.5. The van der Waals surface area contributed by atoms with Crippen LogP contribution in [0.2, 0.25) is 11.1 Å². The van der Waals surface area contributed by atoms with Crippen molar-refractivity contribution >= 4 is 78.5 Å². The van der Waals surface area contributed by atoms with Crippen molar-refractivity contribution in [2.75, 3.05) is 13.2 Å². The Labute approximate surface area is 748 Å². The molecule has 688 valence electrons. The minimum absolute atomic E-state index is 0.00843. The van der Waals surface area contributed by atoms with Gasteiger partial charge in [0.25, 0.3) is 0 Å². The first-order chi connectivity index (χ1) is 59.1. The van der Waals surface area contributed by atoms with E-state index in [2.05, 4.69) is 32.0 Å². The Kier molecular flexibility index (Phi) is 43.0. The zero-order chi connectivity index (χ0) is 92.4. The van der Waals surface area contributed by atoms with Gasteiger partial charge in [0.15, 0.2) is 57.3 Å². The van der Waals surface area contributed by atoms with E-state index in [-0.39, 0.29) is 138 Å². The molecule has 0 aliphatic heterocycles. The van der Waals surface area contributed by atoms with Crippen molar-refractivity contribution in [3.63, 3.8) is 0 Å². The number of ketones is 9. The maximum absolute atomic E-state index is 13.9. The SMILES string of the molecule is CCCCCOc1ccc(C2CCC(OC(CC(C(CC)OC3([Si](OC(C)=CC(C)=O)(OC(C)=CC(C)=O)OC(C)=CC(C)=O)CCCC(C4CCC(CCC)CC4)C3)[Si](OC(C)=CC(C)=O)(OC(C)=CC(C)=O)OC(C)=CC(C)=O)C(CCOC3CCC(c4ccc(C#N)cc4)CC3)[Si](OC(C)=CC(C)=O)(OC(C)=CC(C)=O)OC(C)=CC(C)=O)CC2)cc1. The second-order valence-electron chi connectivity index (χ2n) is 35.0. The van der Waals surface area contributed by atoms with E-state index in [1.54, 1.807) is 62.3 Å². The molecule has 0 N–H and O–H groups in total. The number of ether oxygens (including phenoxy) is 4. The van der Waals surface area contributed by atoms with Crippen molar-refractivity contribution in [1.29, 1.82) is 5.26 Å². The fraction of sp³-hybridized carbons (Fsp3) is 0.596. The number of carbonyl (C=O) groups excluding carboxylic acids is 9. The summed E-state index contributed by atoms with van der Waals surface area (Å²) in [5.74, 6) is -1.81. The summed E-state index contributed by atoms with van der Waals surface area (Å²) in [6, 6.07) is 18.2. The number of rotatable bonds is 53. The van der Waals surface area contributed by atoms with Gasteiger partial charge in [-0.2, -0.15) is 5.26 Å². The summed E-state index contributed by atoms with van der Waals surface area (Å²) in [7, 11) is -15.6. The third-order valence-electron chi connectivity index (χ3n) is 23.4. The molecule has 0 heterocycles. The molecule has 26 heteroatoms. The standard InChI is InChI=1S/C99H143NO22Si3/c1-22-25-26-52-110-92-44-38-88(39-45-92)89-42-48-94(49-43-89)112-96(97(50-53-111-93-46-40-87(41-47-93)86-36-32-85(65-100)33-37-86)123(114-75(13)54-66(4)101,115-76(14)55-67(5)102)116-77(15)56-68(6)103)63-98(124(117-78(16)57-69(7)104,118-79(17)58-70(8)105)119-80(18)59-71(9)106)95(24-3)113-99(51-27-29-91(64-99)90-34-30-84(28-23-2)31-35-90)125(120-81(19)60-72(10)107,121-82(20)61-73(11)108)122-83(21)62-74(12)109/h32-33,36-39,44-45,54-62,84,87,89-91,93-98H,22-31,34-35,40-43,46-53,63-64H2,1-21H3. The predicted octanol–water partition coefficient (Wildman–Crippen LogP) is 22.1. The van der Waals surface area contributed by atoms with Gasteiger partial charge in [0.05, 0.1) is 106 Å². The van der Waals surface area contributed by atoms with Gasteiger partial charge in [-0.15, -0.1) is 0 Å². The molecule has 125 heavy (non-hydrogen) atoms. The second-order valence-corrected chi connectivity index (χ2v) is 42.8. The zero-order valence-corrected chi connectivity index (χ0v) is 81.5. The molecule has 0 amide bonds. The van der Waals surface area contributed by atoms with Crippen LogP contribution < -0.4 is 4.74 Å². The number of nitriles is 1. The van der Waals surface area contributed by atoms with Crippen molar-refractivity contribution in [2.24, 2.45) is 17.8 Å². The van der Waals surface area contributed by atoms with Gasteiger partial charge < -0.3 is 58.8 Å². The molecule has 6 atom stereocenters. The first-order valence-electron chi connectivity index (χ1n) is 45.2. The molecule has 0 saturated heterocycles. The van der Waals surface area contributed by atoms with Gasteiger partial charge in [0.2, 0.25) is 0 Å². The van der Waals surface area contributed by atoms with E-state index in [0.717, 1.165) is 93.9 Å². The highest BCUT2D eigenvalue weighted by Crippen LogP contribution is 2.55. The van der Waals surface area contributed by atoms with E-state index in [4.69, 9.17) is 58.8 Å². The molecule has 2 aromatic rings. The van der Waals surface area contributed by atoms with Gasteiger partial charge in [-0.3, -0.25) is 43.2 Å². The van der Waals surface area contributed by atoms with Gasteiger partial charge in [-0.25, -0.2) is 0 Å². The molecular formula is C99H143NO22Si3. The maximum Gasteiger partial charge on any atom is 0.732 e. The van der Waals surface area contributed by atoms with Crippen molar-refractivity contribution in [1.82, 2.24) is 0 Å². The lowest BCUT2D eigenvalue weighted by Crippen LogP contribution is -2.69. The third kappa shape index (κ3) is 34.4. The monoisotopic (exact) mass is 1780 g/mol. The first kappa shape index (κ1) is 105. The Morgan fingerprint density at radius 3 is 1.16 bits per heavy atom. The first-order valence-corrected chi connectivity index (χ1v) is 50.6. The molecular weight excluding hydrogens is 1640 g/mol. The molecule has 23 nitrogen and oxygen atoms in total. The van der Waals surface area contributed by atoms with E-state index in [1.165, 1.54) is 117 Å². The highest BCUT2D eigenvalue weighted by Gasteiger charge is 2.74. The van der Waals surface area contributed by atoms with Crippen LogP contribution in [0.4, 0.5) is 0 Å². The van der Waals surface area contributed by atoms with Gasteiger partial charge in [0.1, 0.15) is 5.75 Å². The van der Waals surface area contributed by atoms with Crippen LogP contribution in [-0.2, 0) is 97.2 Å². The van der Waals surface area contributed by atoms with Crippen molar-refractivity contribution in [3.8, 4) is 11.8 Å². The number of carbonyl (C=O) groups is 9. The number of allylic oxidation sites excluding steroid dienone is 18. The summed E-state index contributed by atoms with van der Waals surface area (Å²) in [4.78, 5) is 123. The lowest BCUT2D eigenvalue weighted by molar-refractivity contribution is -0.136. The number of hydrogen-bond acceptors (Lipinski definition) is 23. The van der Waals surface area contributed by atoms with Crippen LogP contribution in [0.1, 0.15) is 328 Å². The molecule has 6 unspecified atom stereocenters. The van der Waals surface area contributed by atoms with Crippen LogP contribution in [0.3, 0.4) is 0 Å². The fourth-order valence-electron chi connectivity index (χ4n) is 18.6. The fourth-order valence-corrected chi connectivity index (χ4v) is 28.6. The highest BCUT2D eigenvalue weighted by molar-refractivity contribution is 6.66. The van der Waals surface area contributed by atoms with Gasteiger partial charge in [-0.1, -0.05) is 90.0 Å². The van der Waals surface area contributed by atoms with E-state index >= 15 is 0 Å². The van der Waals surface area contributed by atoms with E-state index in [1.807, 2.05) is 43.3 Å². The predicted molar refractivity (Wildman–Crippen MR) is 487 cm³/mol. The molecule has 4 aliphatic carbocycles. The molecule has 0 spiro atoms. The Morgan fingerprint density at radius 2 is 0.792 bits per heavy atom. The van der Waals surface area contributed by atoms with Gasteiger partial charge in [-0.05, 0) is 299 Å². The molecule has 2 aromatic carbocycles. The highest BCUT2D eigenvalue weighted by atomic mass is 28.4. The van der Waals surface area contributed by atoms with E-state index < -0.39 is 95.7 Å². The van der Waals surface area contributed by atoms with Crippen LogP contribution in [-0.4, -0.2) is 121 Å². The number of unbranched alkanes of at least 4 members (excludes halogenated alkanes) is 2. The average Bonchev–Trinajstić information content (AvgIpc) is 0.728. The minimum Gasteiger partial charge on any atom is -0.494 e. The molecule has 0 aromatic heterocycles. The quantitative estimate of drug-likeness (QED) is 0.0257. The van der Waals surface area contributed by atoms with E-state index in [0.29, 0.717) is 63.0 Å². The number of nitrogens with zero attached hydrogens (tertiary/aromatic N) is 1. The maximum atomic E-state index is 13.9. The lowest BCUT2D eigenvalue weighted by Gasteiger charge is -2.52. The third-order valence-corrected chi connectivity index (χ3v) is 33.6. The number of hydrogen-bond donors (Lipinski definition) is 0.